The van der Waals surface area contributed by atoms with Gasteiger partial charge < -0.3 is 20.1 Å². The Morgan fingerprint density at radius 2 is 2.08 bits per heavy atom. The lowest BCUT2D eigenvalue weighted by Crippen LogP contribution is -2.40. The highest BCUT2D eigenvalue weighted by molar-refractivity contribution is 6.32. The van der Waals surface area contributed by atoms with E-state index in [1.54, 1.807) is 6.07 Å². The highest BCUT2D eigenvalue weighted by Crippen LogP contribution is 2.37. The summed E-state index contributed by atoms with van der Waals surface area (Å²) in [6, 6.07) is 12.9. The maximum absolute atomic E-state index is 12.4. The van der Waals surface area contributed by atoms with E-state index in [1.807, 2.05) is 50.2 Å². The number of ether oxygens (including phenoxy) is 2. The Labute approximate surface area is 158 Å². The maximum atomic E-state index is 12.4. The molecule has 2 aromatic rings. The first-order valence-corrected chi connectivity index (χ1v) is 9.17. The highest BCUT2D eigenvalue weighted by Gasteiger charge is 2.25. The molecule has 0 fully saturated rings. The van der Waals surface area contributed by atoms with E-state index in [0.29, 0.717) is 30.4 Å². The molecule has 0 spiro atoms. The number of urea groups is 1. The Morgan fingerprint density at radius 3 is 2.81 bits per heavy atom. The minimum absolute atomic E-state index is 0.120. The van der Waals surface area contributed by atoms with Gasteiger partial charge in [-0.2, -0.15) is 0 Å². The van der Waals surface area contributed by atoms with Crippen LogP contribution in [-0.2, 0) is 0 Å². The molecule has 2 amide bonds. The van der Waals surface area contributed by atoms with Crippen LogP contribution in [0.15, 0.2) is 42.5 Å². The first kappa shape index (κ1) is 18.4. The molecule has 1 aliphatic heterocycles. The van der Waals surface area contributed by atoms with Gasteiger partial charge in [0.1, 0.15) is 11.5 Å². The predicted molar refractivity (Wildman–Crippen MR) is 102 cm³/mol. The lowest BCUT2D eigenvalue weighted by molar-refractivity contribution is 0.221. The van der Waals surface area contributed by atoms with Crippen molar-refractivity contribution in [2.24, 2.45) is 0 Å². The summed E-state index contributed by atoms with van der Waals surface area (Å²) in [7, 11) is 0. The van der Waals surface area contributed by atoms with Gasteiger partial charge in [-0.3, -0.25) is 0 Å². The third kappa shape index (κ3) is 4.22. The molecular weight excluding hydrogens is 352 g/mol. The second-order valence-corrected chi connectivity index (χ2v) is 6.60. The average Bonchev–Trinajstić information content (AvgIpc) is 2.63. The summed E-state index contributed by atoms with van der Waals surface area (Å²) in [6.07, 6.45) is 0.707. The van der Waals surface area contributed by atoms with Crippen LogP contribution in [0.1, 0.15) is 43.5 Å². The maximum Gasteiger partial charge on any atom is 0.315 e. The summed E-state index contributed by atoms with van der Waals surface area (Å²) >= 11 is 6.18. The quantitative estimate of drug-likeness (QED) is 0.802. The number of rotatable bonds is 5. The topological polar surface area (TPSA) is 59.6 Å². The van der Waals surface area contributed by atoms with Crippen LogP contribution in [0.5, 0.6) is 11.5 Å². The molecule has 3 rings (SSSR count). The van der Waals surface area contributed by atoms with Gasteiger partial charge in [0, 0.05) is 12.0 Å². The zero-order valence-electron chi connectivity index (χ0n) is 14.9. The van der Waals surface area contributed by atoms with Crippen LogP contribution in [0.25, 0.3) is 0 Å². The molecule has 26 heavy (non-hydrogen) atoms. The molecule has 138 valence electrons. The number of carbonyl (C=O) groups excluding carboxylic acids is 1. The Bertz CT molecular complexity index is 764. The van der Waals surface area contributed by atoms with Gasteiger partial charge >= 0.3 is 6.03 Å². The van der Waals surface area contributed by atoms with Gasteiger partial charge in [0.2, 0.25) is 0 Å². The van der Waals surface area contributed by atoms with Crippen molar-refractivity contribution in [3.05, 3.63) is 58.6 Å². The molecule has 6 heteroatoms. The van der Waals surface area contributed by atoms with Crippen molar-refractivity contribution < 1.29 is 14.3 Å². The Balaban J connectivity index is 1.62. The molecule has 2 atom stereocenters. The second kappa shape index (κ2) is 8.32. The first-order valence-electron chi connectivity index (χ1n) is 8.79. The number of hydrogen-bond acceptors (Lipinski definition) is 3. The first-order chi connectivity index (χ1) is 12.6. The molecular formula is C20H23ClN2O3. The van der Waals surface area contributed by atoms with Crippen LogP contribution >= 0.6 is 11.6 Å². The van der Waals surface area contributed by atoms with Crippen LogP contribution in [-0.4, -0.2) is 19.2 Å². The lowest BCUT2D eigenvalue weighted by atomic mass is 10.0. The van der Waals surface area contributed by atoms with Crippen molar-refractivity contribution in [3.8, 4) is 11.5 Å². The molecule has 2 aromatic carbocycles. The van der Waals surface area contributed by atoms with Gasteiger partial charge in [-0.1, -0.05) is 35.9 Å². The van der Waals surface area contributed by atoms with E-state index < -0.39 is 0 Å². The minimum atomic E-state index is -0.218. The average molecular weight is 375 g/mol. The summed E-state index contributed by atoms with van der Waals surface area (Å²) in [5.41, 5.74) is 1.92. The molecule has 2 N–H and O–H groups in total. The number of hydrogen-bond donors (Lipinski definition) is 2. The van der Waals surface area contributed by atoms with Crippen LogP contribution in [0.2, 0.25) is 5.02 Å². The van der Waals surface area contributed by atoms with Crippen LogP contribution < -0.4 is 20.1 Å². The second-order valence-electron chi connectivity index (χ2n) is 6.19. The molecule has 5 nitrogen and oxygen atoms in total. The van der Waals surface area contributed by atoms with E-state index in [4.69, 9.17) is 21.1 Å². The summed E-state index contributed by atoms with van der Waals surface area (Å²) in [4.78, 5) is 12.4. The third-order valence-electron chi connectivity index (χ3n) is 4.37. The number of fused-ring (bicyclic) bond motifs is 1. The largest absolute Gasteiger partial charge is 0.494 e. The van der Waals surface area contributed by atoms with Gasteiger partial charge in [-0.25, -0.2) is 4.79 Å². The zero-order chi connectivity index (χ0) is 18.5. The molecule has 1 heterocycles. The van der Waals surface area contributed by atoms with E-state index in [0.717, 1.165) is 16.9 Å². The molecule has 0 bridgehead atoms. The van der Waals surface area contributed by atoms with Crippen molar-refractivity contribution in [2.45, 2.75) is 32.4 Å². The highest BCUT2D eigenvalue weighted by atomic mass is 35.5. The van der Waals surface area contributed by atoms with Crippen molar-refractivity contribution in [2.75, 3.05) is 13.2 Å². The van der Waals surface area contributed by atoms with Crippen molar-refractivity contribution in [1.29, 1.82) is 0 Å². The van der Waals surface area contributed by atoms with Crippen LogP contribution in [0, 0.1) is 0 Å². The number of amides is 2. The third-order valence-corrected chi connectivity index (χ3v) is 4.67. The van der Waals surface area contributed by atoms with E-state index in [2.05, 4.69) is 10.6 Å². The van der Waals surface area contributed by atoms with E-state index in [9.17, 15) is 4.79 Å². The smallest absolute Gasteiger partial charge is 0.315 e. The molecule has 1 aliphatic rings. The summed E-state index contributed by atoms with van der Waals surface area (Å²) in [5, 5.41) is 6.56. The van der Waals surface area contributed by atoms with Gasteiger partial charge in [0.05, 0.1) is 30.3 Å². The molecule has 0 aromatic heterocycles. The Hall–Kier alpha value is -2.40. The fraction of sp³-hybridized carbons (Fsp3) is 0.350. The molecule has 0 saturated heterocycles. The van der Waals surface area contributed by atoms with Crippen LogP contribution in [0.4, 0.5) is 4.79 Å². The van der Waals surface area contributed by atoms with E-state index in [-0.39, 0.29) is 18.1 Å². The lowest BCUT2D eigenvalue weighted by Gasteiger charge is -2.28. The molecule has 0 radical (unpaired) electrons. The van der Waals surface area contributed by atoms with Gasteiger partial charge in [-0.15, -0.1) is 0 Å². The monoisotopic (exact) mass is 374 g/mol. The molecule has 2 unspecified atom stereocenters. The minimum Gasteiger partial charge on any atom is -0.494 e. The van der Waals surface area contributed by atoms with Crippen LogP contribution in [0.3, 0.4) is 0 Å². The number of carbonyl (C=O) groups is 1. The summed E-state index contributed by atoms with van der Waals surface area (Å²) in [6.45, 7) is 5.05. The van der Waals surface area contributed by atoms with E-state index in [1.165, 1.54) is 0 Å². The summed E-state index contributed by atoms with van der Waals surface area (Å²) < 4.78 is 11.1. The Kier molecular flexibility index (Phi) is 5.89. The van der Waals surface area contributed by atoms with Gasteiger partial charge in [0.15, 0.2) is 0 Å². The van der Waals surface area contributed by atoms with Crippen molar-refractivity contribution in [3.63, 3.8) is 0 Å². The van der Waals surface area contributed by atoms with E-state index >= 15 is 0 Å². The standard InChI is InChI=1S/C20H23ClN2O3/c1-3-25-15-9-7-14(8-10-15)13(2)22-20(24)23-18-11-12-26-19-16(18)5-4-6-17(19)21/h4-10,13,18H,3,11-12H2,1-2H3,(H2,22,23,24). The fourth-order valence-electron chi connectivity index (χ4n) is 3.04. The van der Waals surface area contributed by atoms with Crippen molar-refractivity contribution in [1.82, 2.24) is 10.6 Å². The predicted octanol–water partition coefficient (Wildman–Crippen LogP) is 4.62. The van der Waals surface area contributed by atoms with Crippen molar-refractivity contribution >= 4 is 17.6 Å². The van der Waals surface area contributed by atoms with Gasteiger partial charge in [0.25, 0.3) is 0 Å². The number of para-hydroxylation sites is 1. The number of nitrogens with one attached hydrogen (secondary N) is 2. The van der Waals surface area contributed by atoms with Gasteiger partial charge in [-0.05, 0) is 37.6 Å². The summed E-state index contributed by atoms with van der Waals surface area (Å²) in [5.74, 6) is 1.48. The molecule has 0 saturated carbocycles. The SMILES string of the molecule is CCOc1ccc(C(C)NC(=O)NC2CCOc3c(Cl)cccc32)cc1. The Morgan fingerprint density at radius 1 is 1.31 bits per heavy atom. The zero-order valence-corrected chi connectivity index (χ0v) is 15.7. The number of benzene rings is 2. The fourth-order valence-corrected chi connectivity index (χ4v) is 3.27. The molecule has 0 aliphatic carbocycles. The number of halogens is 1. The normalized spacial score (nSPS) is 16.8.